The van der Waals surface area contributed by atoms with Crippen LogP contribution in [0, 0.1) is 13.8 Å². The molecule has 2 aromatic rings. The Hall–Kier alpha value is -1.90. The van der Waals surface area contributed by atoms with E-state index in [-0.39, 0.29) is 0 Å². The van der Waals surface area contributed by atoms with E-state index in [4.69, 9.17) is 0 Å². The molecular formula is C16H19N3. The van der Waals surface area contributed by atoms with Crippen molar-refractivity contribution in [2.75, 3.05) is 11.9 Å². The number of rotatable bonds is 4. The number of aromatic nitrogens is 2. The first-order valence-corrected chi connectivity index (χ1v) is 6.80. The van der Waals surface area contributed by atoms with Gasteiger partial charge in [0, 0.05) is 23.3 Å². The summed E-state index contributed by atoms with van der Waals surface area (Å²) >= 11 is 0. The third-order valence-electron chi connectivity index (χ3n) is 3.81. The van der Waals surface area contributed by atoms with Gasteiger partial charge in [0.25, 0.3) is 0 Å². The van der Waals surface area contributed by atoms with Crippen LogP contribution in [0.25, 0.3) is 0 Å². The monoisotopic (exact) mass is 253 g/mol. The Bertz CT molecular complexity index is 554. The van der Waals surface area contributed by atoms with Crippen molar-refractivity contribution in [3.8, 4) is 0 Å². The predicted octanol–water partition coefficient (Wildman–Crippen LogP) is 3.24. The van der Waals surface area contributed by atoms with Crippen LogP contribution in [0.3, 0.4) is 0 Å². The van der Waals surface area contributed by atoms with Crippen LogP contribution >= 0.6 is 0 Å². The SMILES string of the molecule is Cc1cc(C)nc(NCC2(c3ccccc3)CC2)n1. The van der Waals surface area contributed by atoms with Gasteiger partial charge in [-0.3, -0.25) is 0 Å². The van der Waals surface area contributed by atoms with Crippen molar-refractivity contribution < 1.29 is 0 Å². The molecule has 1 aliphatic rings. The minimum Gasteiger partial charge on any atom is -0.353 e. The molecule has 0 bridgehead atoms. The van der Waals surface area contributed by atoms with Crippen LogP contribution in [0.15, 0.2) is 36.4 Å². The Morgan fingerprint density at radius 2 is 1.68 bits per heavy atom. The zero-order chi connectivity index (χ0) is 13.3. The second kappa shape index (κ2) is 4.65. The molecular weight excluding hydrogens is 234 g/mol. The fraction of sp³-hybridized carbons (Fsp3) is 0.375. The van der Waals surface area contributed by atoms with Gasteiger partial charge >= 0.3 is 0 Å². The average molecular weight is 253 g/mol. The van der Waals surface area contributed by atoms with Crippen LogP contribution in [-0.2, 0) is 5.41 Å². The quantitative estimate of drug-likeness (QED) is 0.909. The van der Waals surface area contributed by atoms with Gasteiger partial charge < -0.3 is 5.32 Å². The summed E-state index contributed by atoms with van der Waals surface area (Å²) in [5.41, 5.74) is 3.74. The highest BCUT2D eigenvalue weighted by atomic mass is 15.1. The molecule has 3 nitrogen and oxygen atoms in total. The Morgan fingerprint density at radius 3 is 2.26 bits per heavy atom. The number of nitrogens with one attached hydrogen (secondary N) is 1. The fourth-order valence-electron chi connectivity index (χ4n) is 2.56. The van der Waals surface area contributed by atoms with Crippen molar-refractivity contribution in [3.05, 3.63) is 53.3 Å². The van der Waals surface area contributed by atoms with E-state index >= 15 is 0 Å². The second-order valence-corrected chi connectivity index (χ2v) is 5.47. The second-order valence-electron chi connectivity index (χ2n) is 5.47. The van der Waals surface area contributed by atoms with Gasteiger partial charge in [-0.2, -0.15) is 0 Å². The van der Waals surface area contributed by atoms with Crippen molar-refractivity contribution in [1.82, 2.24) is 9.97 Å². The first-order chi connectivity index (χ1) is 9.18. The van der Waals surface area contributed by atoms with Crippen LogP contribution in [-0.4, -0.2) is 16.5 Å². The number of hydrogen-bond donors (Lipinski definition) is 1. The van der Waals surface area contributed by atoms with E-state index in [1.165, 1.54) is 18.4 Å². The highest BCUT2D eigenvalue weighted by Crippen LogP contribution is 2.47. The topological polar surface area (TPSA) is 37.8 Å². The van der Waals surface area contributed by atoms with Crippen molar-refractivity contribution in [3.63, 3.8) is 0 Å². The van der Waals surface area contributed by atoms with Crippen molar-refractivity contribution in [2.45, 2.75) is 32.1 Å². The molecule has 0 amide bonds. The van der Waals surface area contributed by atoms with Crippen LogP contribution in [0.2, 0.25) is 0 Å². The summed E-state index contributed by atoms with van der Waals surface area (Å²) < 4.78 is 0. The summed E-state index contributed by atoms with van der Waals surface area (Å²) in [6.45, 7) is 4.92. The van der Waals surface area contributed by atoms with Gasteiger partial charge in [0.15, 0.2) is 0 Å². The molecule has 0 unspecified atom stereocenters. The molecule has 0 aliphatic heterocycles. The Kier molecular flexibility index (Phi) is 2.97. The molecule has 1 fully saturated rings. The Balaban J connectivity index is 1.73. The normalized spacial score (nSPS) is 16.1. The summed E-state index contributed by atoms with van der Waals surface area (Å²) in [4.78, 5) is 8.87. The van der Waals surface area contributed by atoms with Gasteiger partial charge in [0.05, 0.1) is 0 Å². The summed E-state index contributed by atoms with van der Waals surface area (Å²) in [6.07, 6.45) is 2.49. The molecule has 19 heavy (non-hydrogen) atoms. The standard InChI is InChI=1S/C16H19N3/c1-12-10-13(2)19-15(18-12)17-11-16(8-9-16)14-6-4-3-5-7-14/h3-7,10H,8-9,11H2,1-2H3,(H,17,18,19). The summed E-state index contributed by atoms with van der Waals surface area (Å²) in [5.74, 6) is 0.750. The average Bonchev–Trinajstić information content (AvgIpc) is 3.18. The Labute approximate surface area is 114 Å². The predicted molar refractivity (Wildman–Crippen MR) is 77.3 cm³/mol. The maximum atomic E-state index is 4.44. The van der Waals surface area contributed by atoms with Gasteiger partial charge in [-0.25, -0.2) is 9.97 Å². The lowest BCUT2D eigenvalue weighted by molar-refractivity contribution is 0.726. The summed E-state index contributed by atoms with van der Waals surface area (Å²) in [6, 6.07) is 12.7. The molecule has 0 spiro atoms. The molecule has 1 N–H and O–H groups in total. The third kappa shape index (κ3) is 2.60. The minimum absolute atomic E-state index is 0.294. The molecule has 0 atom stereocenters. The molecule has 0 saturated heterocycles. The zero-order valence-electron chi connectivity index (χ0n) is 11.5. The van der Waals surface area contributed by atoms with Gasteiger partial charge in [-0.1, -0.05) is 30.3 Å². The van der Waals surface area contributed by atoms with E-state index in [9.17, 15) is 0 Å². The first kappa shape index (κ1) is 12.2. The number of benzene rings is 1. The van der Waals surface area contributed by atoms with E-state index in [1.807, 2.05) is 19.9 Å². The molecule has 3 heteroatoms. The van der Waals surface area contributed by atoms with Crippen LogP contribution in [0.5, 0.6) is 0 Å². The molecule has 0 radical (unpaired) electrons. The lowest BCUT2D eigenvalue weighted by atomic mass is 9.96. The first-order valence-electron chi connectivity index (χ1n) is 6.80. The smallest absolute Gasteiger partial charge is 0.223 e. The molecule has 1 aliphatic carbocycles. The largest absolute Gasteiger partial charge is 0.353 e. The van der Waals surface area contributed by atoms with Gasteiger partial charge in [-0.15, -0.1) is 0 Å². The lowest BCUT2D eigenvalue weighted by Crippen LogP contribution is -2.20. The van der Waals surface area contributed by atoms with E-state index < -0.39 is 0 Å². The third-order valence-corrected chi connectivity index (χ3v) is 3.81. The molecule has 1 aromatic heterocycles. The number of aryl methyl sites for hydroxylation is 2. The zero-order valence-corrected chi connectivity index (χ0v) is 11.5. The maximum Gasteiger partial charge on any atom is 0.223 e. The number of anilines is 1. The molecule has 1 aromatic carbocycles. The molecule has 1 heterocycles. The lowest BCUT2D eigenvalue weighted by Gasteiger charge is -2.16. The summed E-state index contributed by atoms with van der Waals surface area (Å²) in [7, 11) is 0. The van der Waals surface area contributed by atoms with Crippen LogP contribution in [0.4, 0.5) is 5.95 Å². The van der Waals surface area contributed by atoms with Gasteiger partial charge in [0.2, 0.25) is 5.95 Å². The maximum absolute atomic E-state index is 4.44. The molecule has 98 valence electrons. The van der Waals surface area contributed by atoms with Crippen LogP contribution in [0.1, 0.15) is 29.8 Å². The van der Waals surface area contributed by atoms with Crippen molar-refractivity contribution in [1.29, 1.82) is 0 Å². The van der Waals surface area contributed by atoms with E-state index in [0.717, 1.165) is 23.9 Å². The van der Waals surface area contributed by atoms with Crippen LogP contribution < -0.4 is 5.32 Å². The van der Waals surface area contributed by atoms with Crippen molar-refractivity contribution in [2.24, 2.45) is 0 Å². The number of hydrogen-bond acceptors (Lipinski definition) is 3. The fourth-order valence-corrected chi connectivity index (χ4v) is 2.56. The summed E-state index contributed by atoms with van der Waals surface area (Å²) in [5, 5.41) is 3.41. The Morgan fingerprint density at radius 1 is 1.05 bits per heavy atom. The number of nitrogens with zero attached hydrogens (tertiary/aromatic N) is 2. The van der Waals surface area contributed by atoms with Gasteiger partial charge in [0.1, 0.15) is 0 Å². The highest BCUT2D eigenvalue weighted by Gasteiger charge is 2.43. The molecule has 1 saturated carbocycles. The highest BCUT2D eigenvalue weighted by molar-refractivity contribution is 5.36. The van der Waals surface area contributed by atoms with Gasteiger partial charge in [-0.05, 0) is 38.3 Å². The van der Waals surface area contributed by atoms with E-state index in [2.05, 4.69) is 45.6 Å². The van der Waals surface area contributed by atoms with E-state index in [1.54, 1.807) is 0 Å². The minimum atomic E-state index is 0.294. The van der Waals surface area contributed by atoms with Crippen molar-refractivity contribution >= 4 is 5.95 Å². The molecule has 3 rings (SSSR count). The van der Waals surface area contributed by atoms with E-state index in [0.29, 0.717) is 5.41 Å².